The van der Waals surface area contributed by atoms with Gasteiger partial charge in [-0.1, -0.05) is 12.1 Å². The molecular weight excluding hydrogens is 244 g/mol. The average Bonchev–Trinajstić information content (AvgIpc) is 2.45. The molecule has 1 N–H and O–H groups in total. The molecule has 0 fully saturated rings. The van der Waals surface area contributed by atoms with Gasteiger partial charge in [-0.2, -0.15) is 0 Å². The normalized spacial score (nSPS) is 13.6. The molecule has 19 heavy (non-hydrogen) atoms. The molecule has 1 aliphatic rings. The molecule has 0 unspecified atom stereocenters. The molecule has 2 rings (SSSR count). The summed E-state index contributed by atoms with van der Waals surface area (Å²) in [5.41, 5.74) is 2.91. The lowest BCUT2D eigenvalue weighted by Crippen LogP contribution is -2.34. The van der Waals surface area contributed by atoms with Gasteiger partial charge in [-0.25, -0.2) is 0 Å². The van der Waals surface area contributed by atoms with E-state index in [0.29, 0.717) is 12.1 Å². The van der Waals surface area contributed by atoms with Crippen molar-refractivity contribution in [2.75, 3.05) is 27.2 Å². The van der Waals surface area contributed by atoms with Gasteiger partial charge >= 0.3 is 5.97 Å². The molecule has 5 nitrogen and oxygen atoms in total. The number of carbonyl (C=O) groups is 2. The zero-order valence-electron chi connectivity index (χ0n) is 11.2. The lowest BCUT2D eigenvalue weighted by molar-refractivity contribution is -0.141. The van der Waals surface area contributed by atoms with Gasteiger partial charge in [-0.3, -0.25) is 9.59 Å². The van der Waals surface area contributed by atoms with Crippen molar-refractivity contribution in [3.05, 3.63) is 34.9 Å². The molecule has 102 valence electrons. The van der Waals surface area contributed by atoms with Crippen LogP contribution < -0.4 is 5.32 Å². The van der Waals surface area contributed by atoms with E-state index in [1.54, 1.807) is 7.05 Å². The van der Waals surface area contributed by atoms with E-state index in [9.17, 15) is 9.59 Å². The van der Waals surface area contributed by atoms with E-state index in [4.69, 9.17) is 0 Å². The second-order valence-electron chi connectivity index (χ2n) is 4.61. The van der Waals surface area contributed by atoms with Crippen molar-refractivity contribution in [3.63, 3.8) is 0 Å². The summed E-state index contributed by atoms with van der Waals surface area (Å²) in [6, 6.07) is 5.75. The number of methoxy groups -OCH3 is 1. The molecule has 1 heterocycles. The summed E-state index contributed by atoms with van der Waals surface area (Å²) in [6.45, 7) is 1.60. The van der Waals surface area contributed by atoms with Gasteiger partial charge in [0.15, 0.2) is 0 Å². The van der Waals surface area contributed by atoms with E-state index < -0.39 is 5.97 Å². The highest BCUT2D eigenvalue weighted by atomic mass is 16.5. The van der Waals surface area contributed by atoms with E-state index in [0.717, 1.165) is 18.5 Å². The van der Waals surface area contributed by atoms with Crippen LogP contribution in [0.15, 0.2) is 18.2 Å². The molecule has 0 radical (unpaired) electrons. The number of hydrogen-bond acceptors (Lipinski definition) is 4. The predicted octanol–water partition coefficient (Wildman–Crippen LogP) is 0.577. The number of fused-ring (bicyclic) bond motifs is 1. The van der Waals surface area contributed by atoms with Gasteiger partial charge in [0.05, 0.1) is 7.11 Å². The minimum Gasteiger partial charge on any atom is -0.468 e. The summed E-state index contributed by atoms with van der Waals surface area (Å²) in [7, 11) is 2.92. The number of benzene rings is 1. The number of hydrogen-bond donors (Lipinski definition) is 1. The van der Waals surface area contributed by atoms with Crippen LogP contribution in [0.2, 0.25) is 0 Å². The fourth-order valence-corrected chi connectivity index (χ4v) is 2.25. The van der Waals surface area contributed by atoms with E-state index in [1.807, 2.05) is 18.2 Å². The molecule has 1 aliphatic heterocycles. The number of amides is 1. The van der Waals surface area contributed by atoms with Gasteiger partial charge in [-0.05, 0) is 30.2 Å². The molecule has 1 aromatic rings. The quantitative estimate of drug-likeness (QED) is 0.809. The van der Waals surface area contributed by atoms with E-state index in [1.165, 1.54) is 17.6 Å². The summed E-state index contributed by atoms with van der Waals surface area (Å²) >= 11 is 0. The molecule has 0 spiro atoms. The maximum Gasteiger partial charge on any atom is 0.325 e. The van der Waals surface area contributed by atoms with Crippen LogP contribution in [-0.2, 0) is 22.5 Å². The highest BCUT2D eigenvalue weighted by Crippen LogP contribution is 2.19. The summed E-state index contributed by atoms with van der Waals surface area (Å²) in [4.78, 5) is 25.0. The van der Waals surface area contributed by atoms with Gasteiger partial charge in [0.2, 0.25) is 0 Å². The number of ether oxygens (including phenoxy) is 1. The van der Waals surface area contributed by atoms with Gasteiger partial charge in [0.1, 0.15) is 6.54 Å². The first-order chi connectivity index (χ1) is 9.13. The Kier molecular flexibility index (Phi) is 4.16. The monoisotopic (exact) mass is 262 g/mol. The van der Waals surface area contributed by atoms with Gasteiger partial charge < -0.3 is 15.0 Å². The Hall–Kier alpha value is -1.88. The van der Waals surface area contributed by atoms with Crippen LogP contribution >= 0.6 is 0 Å². The van der Waals surface area contributed by atoms with Gasteiger partial charge in [0.25, 0.3) is 5.91 Å². The third kappa shape index (κ3) is 2.93. The summed E-state index contributed by atoms with van der Waals surface area (Å²) < 4.78 is 4.57. The zero-order valence-corrected chi connectivity index (χ0v) is 11.2. The third-order valence-electron chi connectivity index (χ3n) is 3.32. The highest BCUT2D eigenvalue weighted by molar-refractivity contribution is 5.97. The number of rotatable bonds is 3. The largest absolute Gasteiger partial charge is 0.468 e. The first-order valence-electron chi connectivity index (χ1n) is 6.27. The Morgan fingerprint density at radius 1 is 1.42 bits per heavy atom. The number of nitrogens with one attached hydrogen (secondary N) is 1. The fourth-order valence-electron chi connectivity index (χ4n) is 2.25. The maximum atomic E-state index is 12.4. The number of esters is 1. The van der Waals surface area contributed by atoms with Crippen molar-refractivity contribution in [2.24, 2.45) is 0 Å². The van der Waals surface area contributed by atoms with Crippen molar-refractivity contribution in [2.45, 2.75) is 13.0 Å². The first-order valence-corrected chi connectivity index (χ1v) is 6.27. The summed E-state index contributed by atoms with van der Waals surface area (Å²) in [5.74, 6) is -0.565. The van der Waals surface area contributed by atoms with Crippen molar-refractivity contribution in [3.8, 4) is 0 Å². The molecule has 1 amide bonds. The minimum atomic E-state index is -0.418. The predicted molar refractivity (Wildman–Crippen MR) is 70.8 cm³/mol. The van der Waals surface area contributed by atoms with Crippen LogP contribution in [0.3, 0.4) is 0 Å². The zero-order chi connectivity index (χ0) is 13.8. The Labute approximate surface area is 112 Å². The van der Waals surface area contributed by atoms with Crippen LogP contribution in [0, 0.1) is 0 Å². The van der Waals surface area contributed by atoms with E-state index in [-0.39, 0.29) is 12.5 Å². The third-order valence-corrected chi connectivity index (χ3v) is 3.32. The van der Waals surface area contributed by atoms with Crippen molar-refractivity contribution >= 4 is 11.9 Å². The van der Waals surface area contributed by atoms with Crippen LogP contribution in [0.25, 0.3) is 0 Å². The minimum absolute atomic E-state index is 0.0353. The van der Waals surface area contributed by atoms with Crippen LogP contribution in [-0.4, -0.2) is 44.0 Å². The van der Waals surface area contributed by atoms with E-state index >= 15 is 0 Å². The maximum absolute atomic E-state index is 12.4. The molecule has 0 aliphatic carbocycles. The number of carbonyl (C=O) groups excluding carboxylic acids is 2. The van der Waals surface area contributed by atoms with Crippen LogP contribution in [0.1, 0.15) is 21.5 Å². The Bertz CT molecular complexity index is 499. The van der Waals surface area contributed by atoms with E-state index in [2.05, 4.69) is 10.1 Å². The lowest BCUT2D eigenvalue weighted by Gasteiger charge is -2.22. The number of nitrogens with zero attached hydrogens (tertiary/aromatic N) is 1. The van der Waals surface area contributed by atoms with Crippen LogP contribution in [0.5, 0.6) is 0 Å². The van der Waals surface area contributed by atoms with Crippen molar-refractivity contribution in [1.29, 1.82) is 0 Å². The molecule has 0 saturated heterocycles. The number of likely N-dealkylation sites (N-methyl/N-ethyl adjacent to an activating group) is 1. The molecular formula is C14H18N2O3. The molecule has 1 aromatic carbocycles. The molecule has 0 aromatic heterocycles. The standard InChI is InChI=1S/C14H18N2O3/c1-16(9-13(17)19-2)14(18)11-5-3-4-10-6-7-15-8-12(10)11/h3-5,15H,6-9H2,1-2H3. The SMILES string of the molecule is COC(=O)CN(C)C(=O)c1cccc2c1CNCC2. The molecule has 0 bridgehead atoms. The Morgan fingerprint density at radius 3 is 2.95 bits per heavy atom. The molecule has 0 saturated carbocycles. The fraction of sp³-hybridized carbons (Fsp3) is 0.429. The first kappa shape index (κ1) is 13.5. The average molecular weight is 262 g/mol. The second-order valence-corrected chi connectivity index (χ2v) is 4.61. The van der Waals surface area contributed by atoms with Crippen molar-refractivity contribution < 1.29 is 14.3 Å². The van der Waals surface area contributed by atoms with Gasteiger partial charge in [-0.15, -0.1) is 0 Å². The van der Waals surface area contributed by atoms with Gasteiger partial charge in [0, 0.05) is 19.2 Å². The van der Waals surface area contributed by atoms with Crippen LogP contribution in [0.4, 0.5) is 0 Å². The topological polar surface area (TPSA) is 58.6 Å². The second kappa shape index (κ2) is 5.84. The Morgan fingerprint density at radius 2 is 2.21 bits per heavy atom. The summed E-state index contributed by atoms with van der Waals surface area (Å²) in [6.07, 6.45) is 0.928. The molecule has 5 heteroatoms. The lowest BCUT2D eigenvalue weighted by atomic mass is 9.95. The summed E-state index contributed by atoms with van der Waals surface area (Å²) in [5, 5.41) is 3.26. The Balaban J connectivity index is 2.21. The highest BCUT2D eigenvalue weighted by Gasteiger charge is 2.21. The van der Waals surface area contributed by atoms with Crippen molar-refractivity contribution in [1.82, 2.24) is 10.2 Å². The molecule has 0 atom stereocenters. The smallest absolute Gasteiger partial charge is 0.325 e.